The lowest BCUT2D eigenvalue weighted by atomic mass is 9.79. The van der Waals surface area contributed by atoms with Crippen LogP contribution in [0.25, 0.3) is 0 Å². The van der Waals surface area contributed by atoms with E-state index in [4.69, 9.17) is 4.74 Å². The molecule has 0 aromatic carbocycles. The first-order valence-electron chi connectivity index (χ1n) is 7.35. The Morgan fingerprint density at radius 3 is 2.53 bits per heavy atom. The number of likely N-dealkylation sites (N-methyl/N-ethyl adjacent to an activating group) is 1. The topological polar surface area (TPSA) is 21.3 Å². The highest BCUT2D eigenvalue weighted by Crippen LogP contribution is 2.50. The normalized spacial score (nSPS) is 37.1. The number of fused-ring (bicyclic) bond motifs is 2. The van der Waals surface area contributed by atoms with E-state index in [-0.39, 0.29) is 5.60 Å². The van der Waals surface area contributed by atoms with E-state index in [0.29, 0.717) is 6.04 Å². The SMILES string of the molecule is CCC(C)(OC)C(CC1CC2CCC1C2)NC. The molecule has 17 heavy (non-hydrogen) atoms. The molecule has 2 bridgehead atoms. The Hall–Kier alpha value is -0.0800. The molecule has 0 aromatic heterocycles. The second-order valence-electron chi connectivity index (χ2n) is 6.38. The summed E-state index contributed by atoms with van der Waals surface area (Å²) in [6.45, 7) is 4.48. The quantitative estimate of drug-likeness (QED) is 0.768. The third-order valence-corrected chi connectivity index (χ3v) is 5.68. The third kappa shape index (κ3) is 2.53. The van der Waals surface area contributed by atoms with Crippen LogP contribution in [0.2, 0.25) is 0 Å². The number of ether oxygens (including phenoxy) is 1. The van der Waals surface area contributed by atoms with Gasteiger partial charge in [-0.25, -0.2) is 0 Å². The van der Waals surface area contributed by atoms with Gasteiger partial charge in [-0.1, -0.05) is 13.3 Å². The van der Waals surface area contributed by atoms with Gasteiger partial charge in [0.1, 0.15) is 0 Å². The van der Waals surface area contributed by atoms with Crippen LogP contribution in [0.5, 0.6) is 0 Å². The van der Waals surface area contributed by atoms with Crippen molar-refractivity contribution in [2.75, 3.05) is 14.2 Å². The summed E-state index contributed by atoms with van der Waals surface area (Å²) in [4.78, 5) is 0. The zero-order valence-corrected chi connectivity index (χ0v) is 12.0. The molecule has 2 rings (SSSR count). The molecule has 2 nitrogen and oxygen atoms in total. The average Bonchev–Trinajstić information content (AvgIpc) is 2.97. The van der Waals surface area contributed by atoms with Crippen molar-refractivity contribution >= 4 is 0 Å². The molecular weight excluding hydrogens is 210 g/mol. The van der Waals surface area contributed by atoms with Crippen LogP contribution in [-0.4, -0.2) is 25.8 Å². The molecule has 2 saturated carbocycles. The van der Waals surface area contributed by atoms with Crippen molar-refractivity contribution in [2.24, 2.45) is 17.8 Å². The van der Waals surface area contributed by atoms with Gasteiger partial charge in [0.2, 0.25) is 0 Å². The Labute approximate surface area is 107 Å². The van der Waals surface area contributed by atoms with Crippen molar-refractivity contribution in [3.63, 3.8) is 0 Å². The maximum Gasteiger partial charge on any atom is 0.0800 e. The summed E-state index contributed by atoms with van der Waals surface area (Å²) in [6, 6.07) is 0.502. The maximum atomic E-state index is 5.77. The molecule has 100 valence electrons. The number of rotatable bonds is 6. The highest BCUT2D eigenvalue weighted by Gasteiger charge is 2.42. The first-order chi connectivity index (χ1) is 8.12. The molecule has 2 fully saturated rings. The fourth-order valence-corrected chi connectivity index (χ4v) is 4.17. The maximum absolute atomic E-state index is 5.77. The van der Waals surface area contributed by atoms with Crippen molar-refractivity contribution in [3.8, 4) is 0 Å². The van der Waals surface area contributed by atoms with E-state index in [1.165, 1.54) is 32.1 Å². The minimum atomic E-state index is -0.00339. The summed E-state index contributed by atoms with van der Waals surface area (Å²) in [7, 11) is 3.94. The lowest BCUT2D eigenvalue weighted by Crippen LogP contribution is -2.49. The summed E-state index contributed by atoms with van der Waals surface area (Å²) in [5.41, 5.74) is -0.00339. The second-order valence-corrected chi connectivity index (χ2v) is 6.38. The highest BCUT2D eigenvalue weighted by molar-refractivity contribution is 4.96. The first-order valence-corrected chi connectivity index (χ1v) is 7.35. The van der Waals surface area contributed by atoms with Crippen molar-refractivity contribution in [1.29, 1.82) is 0 Å². The largest absolute Gasteiger partial charge is 0.377 e. The molecule has 2 aliphatic carbocycles. The van der Waals surface area contributed by atoms with Crippen LogP contribution >= 0.6 is 0 Å². The van der Waals surface area contributed by atoms with Gasteiger partial charge >= 0.3 is 0 Å². The van der Waals surface area contributed by atoms with Crippen LogP contribution in [-0.2, 0) is 4.74 Å². The molecule has 5 unspecified atom stereocenters. The molecule has 1 N–H and O–H groups in total. The lowest BCUT2D eigenvalue weighted by Gasteiger charge is -2.38. The molecule has 0 radical (unpaired) electrons. The van der Waals surface area contributed by atoms with E-state index in [2.05, 4.69) is 26.2 Å². The minimum Gasteiger partial charge on any atom is -0.377 e. The van der Waals surface area contributed by atoms with E-state index < -0.39 is 0 Å². The number of nitrogens with one attached hydrogen (secondary N) is 1. The van der Waals surface area contributed by atoms with E-state index in [0.717, 1.165) is 24.2 Å². The minimum absolute atomic E-state index is 0.00339. The smallest absolute Gasteiger partial charge is 0.0800 e. The van der Waals surface area contributed by atoms with Crippen LogP contribution in [0.4, 0.5) is 0 Å². The standard InChI is InChI=1S/C15H29NO/c1-5-15(2,17-4)14(16-3)10-13-9-11-6-7-12(13)8-11/h11-14,16H,5-10H2,1-4H3. The molecule has 0 aromatic rings. The van der Waals surface area contributed by atoms with Gasteiger partial charge in [-0.3, -0.25) is 0 Å². The van der Waals surface area contributed by atoms with Crippen LogP contribution < -0.4 is 5.32 Å². The van der Waals surface area contributed by atoms with Crippen LogP contribution in [0.15, 0.2) is 0 Å². The predicted molar refractivity (Wildman–Crippen MR) is 72.1 cm³/mol. The van der Waals surface area contributed by atoms with Crippen molar-refractivity contribution < 1.29 is 4.74 Å². The molecule has 0 amide bonds. The van der Waals surface area contributed by atoms with Gasteiger partial charge < -0.3 is 10.1 Å². The van der Waals surface area contributed by atoms with Gasteiger partial charge in [0, 0.05) is 13.2 Å². The Kier molecular flexibility index (Phi) is 4.14. The number of methoxy groups -OCH3 is 1. The Morgan fingerprint density at radius 2 is 2.12 bits per heavy atom. The van der Waals surface area contributed by atoms with Gasteiger partial charge in [0.25, 0.3) is 0 Å². The molecule has 2 aliphatic rings. The fourth-order valence-electron chi connectivity index (χ4n) is 4.17. The van der Waals surface area contributed by atoms with Gasteiger partial charge in [0.15, 0.2) is 0 Å². The summed E-state index contributed by atoms with van der Waals surface area (Å²) < 4.78 is 5.77. The molecule has 5 atom stereocenters. The molecule has 0 aliphatic heterocycles. The van der Waals surface area contributed by atoms with Gasteiger partial charge in [0.05, 0.1) is 5.60 Å². The second kappa shape index (κ2) is 5.27. The van der Waals surface area contributed by atoms with E-state index in [1.54, 1.807) is 0 Å². The lowest BCUT2D eigenvalue weighted by molar-refractivity contribution is -0.0350. The third-order valence-electron chi connectivity index (χ3n) is 5.68. The average molecular weight is 239 g/mol. The van der Waals surface area contributed by atoms with E-state index in [9.17, 15) is 0 Å². The number of hydrogen-bond donors (Lipinski definition) is 1. The summed E-state index contributed by atoms with van der Waals surface area (Å²) >= 11 is 0. The van der Waals surface area contributed by atoms with Crippen molar-refractivity contribution in [1.82, 2.24) is 5.32 Å². The van der Waals surface area contributed by atoms with Crippen molar-refractivity contribution in [2.45, 2.75) is 64.0 Å². The van der Waals surface area contributed by atoms with Crippen molar-refractivity contribution in [3.05, 3.63) is 0 Å². The molecule has 0 saturated heterocycles. The summed E-state index contributed by atoms with van der Waals surface area (Å²) in [5.74, 6) is 3.03. The zero-order valence-electron chi connectivity index (χ0n) is 12.0. The Bertz CT molecular complexity index is 249. The van der Waals surface area contributed by atoms with Crippen LogP contribution in [0, 0.1) is 17.8 Å². The van der Waals surface area contributed by atoms with Gasteiger partial charge in [-0.05, 0) is 63.8 Å². The Morgan fingerprint density at radius 1 is 1.35 bits per heavy atom. The predicted octanol–water partition coefficient (Wildman–Crippen LogP) is 3.22. The van der Waals surface area contributed by atoms with Crippen LogP contribution in [0.1, 0.15) is 52.4 Å². The molecular formula is C15H29NO. The monoisotopic (exact) mass is 239 g/mol. The fraction of sp³-hybridized carbons (Fsp3) is 1.00. The van der Waals surface area contributed by atoms with Gasteiger partial charge in [-0.15, -0.1) is 0 Å². The zero-order chi connectivity index (χ0) is 12.5. The molecule has 2 heteroatoms. The first kappa shape index (κ1) is 13.4. The number of hydrogen-bond acceptors (Lipinski definition) is 2. The van der Waals surface area contributed by atoms with Crippen LogP contribution in [0.3, 0.4) is 0 Å². The van der Waals surface area contributed by atoms with E-state index in [1.807, 2.05) is 7.11 Å². The summed E-state index contributed by atoms with van der Waals surface area (Å²) in [5, 5.41) is 3.51. The highest BCUT2D eigenvalue weighted by atomic mass is 16.5. The molecule has 0 heterocycles. The van der Waals surface area contributed by atoms with Gasteiger partial charge in [-0.2, -0.15) is 0 Å². The Balaban J connectivity index is 1.95. The van der Waals surface area contributed by atoms with E-state index >= 15 is 0 Å². The molecule has 0 spiro atoms. The summed E-state index contributed by atoms with van der Waals surface area (Å²) in [6.07, 6.45) is 8.36.